The molecule has 3 atom stereocenters. The maximum absolute atomic E-state index is 12.4. The van der Waals surface area contributed by atoms with Crippen LogP contribution in [-0.4, -0.2) is 71.1 Å². The fraction of sp³-hybridized carbons (Fsp3) is 0.722. The van der Waals surface area contributed by atoms with E-state index in [9.17, 15) is 29.1 Å². The molecule has 0 spiro atoms. The Morgan fingerprint density at radius 2 is 1.57 bits per heavy atom. The number of carbonyl (C=O) groups excluding carboxylic acids is 3. The van der Waals surface area contributed by atoms with Gasteiger partial charge in [-0.1, -0.05) is 20.3 Å². The summed E-state index contributed by atoms with van der Waals surface area (Å²) in [4.78, 5) is 58.5. The van der Waals surface area contributed by atoms with Gasteiger partial charge in [0, 0.05) is 6.42 Å². The maximum Gasteiger partial charge on any atom is 0.326 e. The van der Waals surface area contributed by atoms with Crippen molar-refractivity contribution in [3.8, 4) is 0 Å². The van der Waals surface area contributed by atoms with Crippen LogP contribution in [0.25, 0.3) is 0 Å². The minimum atomic E-state index is -1.27. The Morgan fingerprint density at radius 1 is 0.933 bits per heavy atom. The first kappa shape index (κ1) is 27.3. The molecule has 9 N–H and O–H groups in total. The number of carbonyl (C=O) groups is 5. The lowest BCUT2D eigenvalue weighted by atomic mass is 10.0. The molecule has 172 valence electrons. The molecule has 0 aliphatic carbocycles. The highest BCUT2D eigenvalue weighted by atomic mass is 16.4. The SMILES string of the molecule is CC(C)C(NC(=O)C(CCC(=O)O)NC(=O)CNC(=O)C(N)CCCCN)C(=O)O. The quantitative estimate of drug-likeness (QED) is 0.144. The van der Waals surface area contributed by atoms with Crippen LogP contribution in [0, 0.1) is 5.92 Å². The molecule has 0 aliphatic heterocycles. The van der Waals surface area contributed by atoms with Gasteiger partial charge < -0.3 is 37.6 Å². The van der Waals surface area contributed by atoms with Crippen LogP contribution in [0.5, 0.6) is 0 Å². The summed E-state index contributed by atoms with van der Waals surface area (Å²) in [7, 11) is 0. The number of rotatable bonds is 15. The first-order valence-electron chi connectivity index (χ1n) is 9.77. The topological polar surface area (TPSA) is 214 Å². The molecule has 0 aromatic heterocycles. The number of unbranched alkanes of at least 4 members (excludes halogenated alkanes) is 1. The van der Waals surface area contributed by atoms with E-state index in [4.69, 9.17) is 16.6 Å². The van der Waals surface area contributed by atoms with Crippen molar-refractivity contribution in [2.45, 2.75) is 64.1 Å². The van der Waals surface area contributed by atoms with E-state index < -0.39 is 66.7 Å². The van der Waals surface area contributed by atoms with Crippen LogP contribution in [-0.2, 0) is 24.0 Å². The van der Waals surface area contributed by atoms with Crippen LogP contribution in [0.2, 0.25) is 0 Å². The van der Waals surface area contributed by atoms with Crippen LogP contribution in [0.15, 0.2) is 0 Å². The number of hydrogen-bond acceptors (Lipinski definition) is 7. The predicted molar refractivity (Wildman–Crippen MR) is 107 cm³/mol. The lowest BCUT2D eigenvalue weighted by Gasteiger charge is -2.23. The third kappa shape index (κ3) is 11.3. The number of amides is 3. The van der Waals surface area contributed by atoms with Crippen molar-refractivity contribution in [3.63, 3.8) is 0 Å². The first-order chi connectivity index (χ1) is 14.0. The summed E-state index contributed by atoms with van der Waals surface area (Å²) in [6.45, 7) is 3.20. The summed E-state index contributed by atoms with van der Waals surface area (Å²) in [5.74, 6) is -4.97. The summed E-state index contributed by atoms with van der Waals surface area (Å²) in [5, 5.41) is 25.0. The molecule has 0 saturated heterocycles. The molecule has 0 fully saturated rings. The van der Waals surface area contributed by atoms with Gasteiger partial charge in [-0.15, -0.1) is 0 Å². The Labute approximate surface area is 175 Å². The smallest absolute Gasteiger partial charge is 0.326 e. The molecule has 0 aliphatic rings. The lowest BCUT2D eigenvalue weighted by molar-refractivity contribution is -0.144. The first-order valence-corrected chi connectivity index (χ1v) is 9.77. The molecule has 3 amide bonds. The molecule has 0 radical (unpaired) electrons. The van der Waals surface area contributed by atoms with Gasteiger partial charge in [-0.3, -0.25) is 19.2 Å². The molecule has 0 rings (SSSR count). The van der Waals surface area contributed by atoms with Crippen molar-refractivity contribution in [1.82, 2.24) is 16.0 Å². The Hall–Kier alpha value is -2.73. The minimum absolute atomic E-state index is 0.246. The minimum Gasteiger partial charge on any atom is -0.481 e. The van der Waals surface area contributed by atoms with Gasteiger partial charge in [-0.25, -0.2) is 4.79 Å². The molecule has 0 heterocycles. The van der Waals surface area contributed by atoms with Crippen molar-refractivity contribution in [3.05, 3.63) is 0 Å². The Kier molecular flexibility index (Phi) is 13.0. The fourth-order valence-corrected chi connectivity index (χ4v) is 2.49. The molecule has 0 bridgehead atoms. The Morgan fingerprint density at radius 3 is 2.07 bits per heavy atom. The number of hydrogen-bond donors (Lipinski definition) is 7. The lowest BCUT2D eigenvalue weighted by Crippen LogP contribution is -2.54. The third-order valence-electron chi connectivity index (χ3n) is 4.26. The van der Waals surface area contributed by atoms with E-state index in [2.05, 4.69) is 16.0 Å². The van der Waals surface area contributed by atoms with Gasteiger partial charge in [0.2, 0.25) is 17.7 Å². The monoisotopic (exact) mass is 431 g/mol. The van der Waals surface area contributed by atoms with Gasteiger partial charge in [-0.05, 0) is 31.7 Å². The molecule has 0 saturated carbocycles. The molecular formula is C18H33N5O7. The number of nitrogens with one attached hydrogen (secondary N) is 3. The van der Waals surface area contributed by atoms with E-state index in [0.29, 0.717) is 19.4 Å². The second-order valence-corrected chi connectivity index (χ2v) is 7.23. The van der Waals surface area contributed by atoms with Gasteiger partial charge in [0.25, 0.3) is 0 Å². The molecule has 3 unspecified atom stereocenters. The summed E-state index contributed by atoms with van der Waals surface area (Å²) in [6, 6.07) is -3.28. The molecular weight excluding hydrogens is 398 g/mol. The average molecular weight is 431 g/mol. The molecule has 12 nitrogen and oxygen atoms in total. The van der Waals surface area contributed by atoms with Crippen LogP contribution in [0.3, 0.4) is 0 Å². The molecule has 0 aromatic rings. The summed E-state index contributed by atoms with van der Waals surface area (Å²) in [5.41, 5.74) is 11.1. The standard InChI is InChI=1S/C18H33N5O7/c1-10(2)15(18(29)30)23-17(28)12(6-7-14(25)26)22-13(24)9-21-16(27)11(20)5-3-4-8-19/h10-12,15H,3-9,19-20H2,1-2H3,(H,21,27)(H,22,24)(H,23,28)(H,25,26)(H,29,30). The van der Waals surface area contributed by atoms with Crippen molar-refractivity contribution in [2.75, 3.05) is 13.1 Å². The highest BCUT2D eigenvalue weighted by Crippen LogP contribution is 2.05. The van der Waals surface area contributed by atoms with E-state index in [1.165, 1.54) is 0 Å². The van der Waals surface area contributed by atoms with Crippen molar-refractivity contribution in [2.24, 2.45) is 17.4 Å². The molecule has 0 aromatic carbocycles. The van der Waals surface area contributed by atoms with E-state index in [1.807, 2.05) is 0 Å². The Balaban J connectivity index is 4.84. The van der Waals surface area contributed by atoms with Crippen LogP contribution >= 0.6 is 0 Å². The van der Waals surface area contributed by atoms with Gasteiger partial charge in [-0.2, -0.15) is 0 Å². The second kappa shape index (κ2) is 14.3. The van der Waals surface area contributed by atoms with Crippen molar-refractivity contribution in [1.29, 1.82) is 0 Å². The number of carboxylic acids is 2. The van der Waals surface area contributed by atoms with Gasteiger partial charge >= 0.3 is 11.9 Å². The summed E-state index contributed by atoms with van der Waals surface area (Å²) >= 11 is 0. The van der Waals surface area contributed by atoms with Crippen molar-refractivity contribution >= 4 is 29.7 Å². The second-order valence-electron chi connectivity index (χ2n) is 7.23. The van der Waals surface area contributed by atoms with Crippen LogP contribution in [0.4, 0.5) is 0 Å². The molecule has 30 heavy (non-hydrogen) atoms. The maximum atomic E-state index is 12.4. The zero-order valence-electron chi connectivity index (χ0n) is 17.3. The predicted octanol–water partition coefficient (Wildman–Crippen LogP) is -1.87. The fourth-order valence-electron chi connectivity index (χ4n) is 2.49. The number of aliphatic carboxylic acids is 2. The molecule has 12 heteroatoms. The van der Waals surface area contributed by atoms with Gasteiger partial charge in [0.15, 0.2) is 0 Å². The van der Waals surface area contributed by atoms with E-state index in [0.717, 1.165) is 6.42 Å². The van der Waals surface area contributed by atoms with Crippen LogP contribution in [0.1, 0.15) is 46.0 Å². The Bertz CT molecular complexity index is 612. The largest absolute Gasteiger partial charge is 0.481 e. The zero-order chi connectivity index (χ0) is 23.3. The summed E-state index contributed by atoms with van der Waals surface area (Å²) < 4.78 is 0. The van der Waals surface area contributed by atoms with E-state index in [-0.39, 0.29) is 6.42 Å². The zero-order valence-corrected chi connectivity index (χ0v) is 17.3. The average Bonchev–Trinajstić information content (AvgIpc) is 2.66. The normalized spacial score (nSPS) is 13.8. The number of carboxylic acid groups (broad SMARTS) is 2. The number of nitrogens with two attached hydrogens (primary N) is 2. The van der Waals surface area contributed by atoms with Gasteiger partial charge in [0.1, 0.15) is 12.1 Å². The van der Waals surface area contributed by atoms with E-state index in [1.54, 1.807) is 13.8 Å². The highest BCUT2D eigenvalue weighted by Gasteiger charge is 2.29. The van der Waals surface area contributed by atoms with E-state index >= 15 is 0 Å². The summed E-state index contributed by atoms with van der Waals surface area (Å²) in [6.07, 6.45) is 1.12. The highest BCUT2D eigenvalue weighted by molar-refractivity contribution is 5.92. The van der Waals surface area contributed by atoms with Crippen molar-refractivity contribution < 1.29 is 34.2 Å². The third-order valence-corrected chi connectivity index (χ3v) is 4.26. The van der Waals surface area contributed by atoms with Crippen LogP contribution < -0.4 is 27.4 Å². The van der Waals surface area contributed by atoms with Gasteiger partial charge in [0.05, 0.1) is 12.6 Å².